The fourth-order valence-electron chi connectivity index (χ4n) is 2.12. The number of pyridine rings is 1. The lowest BCUT2D eigenvalue weighted by molar-refractivity contribution is 0.597. The van der Waals surface area contributed by atoms with Crippen molar-refractivity contribution in [1.29, 1.82) is 0 Å². The normalized spacial score (nSPS) is 11.5. The van der Waals surface area contributed by atoms with E-state index in [4.69, 9.17) is 5.14 Å². The quantitative estimate of drug-likeness (QED) is 0.799. The topological polar surface area (TPSA) is 90.9 Å². The number of hydrogen-bond donors (Lipinski definition) is 1. The Morgan fingerprint density at radius 2 is 1.82 bits per heavy atom. The molecule has 0 amide bonds. The summed E-state index contributed by atoms with van der Waals surface area (Å²) in [6.45, 7) is 1.91. The standard InChI is InChI=1S/C15H14N4O2S/c1-11-9-14(12-5-3-2-4-6-12)18-19(11)15-8-7-13(10-17-15)22(16,20)21/h2-10H,1H3,(H2,16,20,21). The van der Waals surface area contributed by atoms with Crippen molar-refractivity contribution in [2.24, 2.45) is 5.14 Å². The Morgan fingerprint density at radius 1 is 1.09 bits per heavy atom. The fourth-order valence-corrected chi connectivity index (χ4v) is 2.58. The molecule has 0 saturated carbocycles. The van der Waals surface area contributed by atoms with E-state index in [0.717, 1.165) is 17.0 Å². The lowest BCUT2D eigenvalue weighted by Crippen LogP contribution is -2.13. The van der Waals surface area contributed by atoms with Crippen LogP contribution >= 0.6 is 0 Å². The number of hydrogen-bond acceptors (Lipinski definition) is 4. The van der Waals surface area contributed by atoms with Crippen LogP contribution in [-0.2, 0) is 10.0 Å². The Labute approximate surface area is 128 Å². The third-order valence-corrected chi connectivity index (χ3v) is 4.12. The van der Waals surface area contributed by atoms with Gasteiger partial charge in [0.2, 0.25) is 10.0 Å². The van der Waals surface area contributed by atoms with E-state index in [0.29, 0.717) is 5.82 Å². The average molecular weight is 314 g/mol. The molecule has 0 fully saturated rings. The zero-order chi connectivity index (χ0) is 15.7. The van der Waals surface area contributed by atoms with E-state index >= 15 is 0 Å². The maximum atomic E-state index is 11.3. The molecule has 3 rings (SSSR count). The number of nitrogens with zero attached hydrogens (tertiary/aromatic N) is 3. The SMILES string of the molecule is Cc1cc(-c2ccccc2)nn1-c1ccc(S(N)(=O)=O)cn1. The number of rotatable bonds is 3. The highest BCUT2D eigenvalue weighted by Gasteiger charge is 2.11. The Hall–Kier alpha value is -2.51. The van der Waals surface area contributed by atoms with Crippen LogP contribution in [0.4, 0.5) is 0 Å². The molecule has 0 radical (unpaired) electrons. The molecular formula is C15H14N4O2S. The second-order valence-electron chi connectivity index (χ2n) is 4.85. The van der Waals surface area contributed by atoms with Gasteiger partial charge in [-0.05, 0) is 25.1 Å². The van der Waals surface area contributed by atoms with Crippen molar-refractivity contribution in [3.05, 3.63) is 60.4 Å². The van der Waals surface area contributed by atoms with Crippen LogP contribution in [0.2, 0.25) is 0 Å². The maximum Gasteiger partial charge on any atom is 0.239 e. The molecule has 22 heavy (non-hydrogen) atoms. The second kappa shape index (κ2) is 5.36. The largest absolute Gasteiger partial charge is 0.239 e. The van der Waals surface area contributed by atoms with Crippen molar-refractivity contribution in [3.63, 3.8) is 0 Å². The summed E-state index contributed by atoms with van der Waals surface area (Å²) in [5, 5.41) is 9.58. The first kappa shape index (κ1) is 14.4. The molecule has 2 aromatic heterocycles. The number of aryl methyl sites for hydroxylation is 1. The van der Waals surface area contributed by atoms with Crippen molar-refractivity contribution >= 4 is 10.0 Å². The average Bonchev–Trinajstić information content (AvgIpc) is 2.89. The Morgan fingerprint density at radius 3 is 2.41 bits per heavy atom. The predicted molar refractivity (Wildman–Crippen MR) is 82.9 cm³/mol. The summed E-state index contributed by atoms with van der Waals surface area (Å²) in [5.74, 6) is 0.534. The van der Waals surface area contributed by atoms with E-state index in [1.807, 2.05) is 43.3 Å². The van der Waals surface area contributed by atoms with Crippen LogP contribution < -0.4 is 5.14 Å². The summed E-state index contributed by atoms with van der Waals surface area (Å²) in [4.78, 5) is 4.10. The van der Waals surface area contributed by atoms with Gasteiger partial charge in [-0.3, -0.25) is 0 Å². The summed E-state index contributed by atoms with van der Waals surface area (Å²) in [6.07, 6.45) is 1.23. The molecule has 6 nitrogen and oxygen atoms in total. The lowest BCUT2D eigenvalue weighted by atomic mass is 10.1. The minimum absolute atomic E-state index is 0.0238. The highest BCUT2D eigenvalue weighted by atomic mass is 32.2. The first-order chi connectivity index (χ1) is 10.4. The van der Waals surface area contributed by atoms with Crippen molar-refractivity contribution in [2.45, 2.75) is 11.8 Å². The summed E-state index contributed by atoms with van der Waals surface area (Å²) in [5.41, 5.74) is 2.73. The maximum absolute atomic E-state index is 11.3. The van der Waals surface area contributed by atoms with Crippen LogP contribution in [-0.4, -0.2) is 23.2 Å². The second-order valence-corrected chi connectivity index (χ2v) is 6.41. The van der Waals surface area contributed by atoms with Crippen LogP contribution in [0.25, 0.3) is 17.1 Å². The van der Waals surface area contributed by atoms with E-state index in [1.165, 1.54) is 12.3 Å². The molecule has 2 heterocycles. The van der Waals surface area contributed by atoms with Gasteiger partial charge in [0.05, 0.1) is 5.69 Å². The van der Waals surface area contributed by atoms with Gasteiger partial charge in [-0.1, -0.05) is 30.3 Å². The minimum Gasteiger partial charge on any atom is -0.236 e. The van der Waals surface area contributed by atoms with Gasteiger partial charge >= 0.3 is 0 Å². The molecule has 0 aliphatic carbocycles. The van der Waals surface area contributed by atoms with Crippen LogP contribution in [0.3, 0.4) is 0 Å². The fraction of sp³-hybridized carbons (Fsp3) is 0.0667. The van der Waals surface area contributed by atoms with Gasteiger partial charge in [-0.2, -0.15) is 5.10 Å². The minimum atomic E-state index is -3.74. The van der Waals surface area contributed by atoms with Gasteiger partial charge in [-0.25, -0.2) is 23.2 Å². The monoisotopic (exact) mass is 314 g/mol. The Kier molecular flexibility index (Phi) is 3.51. The number of primary sulfonamides is 1. The molecule has 0 spiro atoms. The Balaban J connectivity index is 2.01. The van der Waals surface area contributed by atoms with Gasteiger partial charge in [0, 0.05) is 17.5 Å². The van der Waals surface area contributed by atoms with E-state index in [1.54, 1.807) is 10.7 Å². The van der Waals surface area contributed by atoms with E-state index < -0.39 is 10.0 Å². The molecule has 112 valence electrons. The van der Waals surface area contributed by atoms with Crippen LogP contribution in [0, 0.1) is 6.92 Å². The van der Waals surface area contributed by atoms with Crippen LogP contribution in [0.15, 0.2) is 59.6 Å². The summed E-state index contributed by atoms with van der Waals surface area (Å²) >= 11 is 0. The third-order valence-electron chi connectivity index (χ3n) is 3.22. The predicted octanol–water partition coefficient (Wildman–Crippen LogP) is 1.89. The molecule has 0 unspecified atom stereocenters. The van der Waals surface area contributed by atoms with Gasteiger partial charge in [0.25, 0.3) is 0 Å². The number of sulfonamides is 1. The molecular weight excluding hydrogens is 300 g/mol. The van der Waals surface area contributed by atoms with Crippen molar-refractivity contribution in [2.75, 3.05) is 0 Å². The zero-order valence-electron chi connectivity index (χ0n) is 11.8. The van der Waals surface area contributed by atoms with Crippen LogP contribution in [0.1, 0.15) is 5.69 Å². The molecule has 2 N–H and O–H groups in total. The van der Waals surface area contributed by atoms with Crippen molar-refractivity contribution < 1.29 is 8.42 Å². The summed E-state index contributed by atoms with van der Waals surface area (Å²) in [7, 11) is -3.74. The molecule has 3 aromatic rings. The number of benzene rings is 1. The highest BCUT2D eigenvalue weighted by Crippen LogP contribution is 2.20. The third kappa shape index (κ3) is 2.76. The smallest absolute Gasteiger partial charge is 0.236 e. The van der Waals surface area contributed by atoms with Gasteiger partial charge in [-0.15, -0.1) is 0 Å². The number of aromatic nitrogens is 3. The first-order valence-electron chi connectivity index (χ1n) is 6.56. The van der Waals surface area contributed by atoms with Gasteiger partial charge in [0.15, 0.2) is 5.82 Å². The molecule has 0 bridgehead atoms. The van der Waals surface area contributed by atoms with Gasteiger partial charge < -0.3 is 0 Å². The molecule has 0 saturated heterocycles. The zero-order valence-corrected chi connectivity index (χ0v) is 12.7. The Bertz CT molecular complexity index is 900. The molecule has 7 heteroatoms. The molecule has 0 atom stereocenters. The number of nitrogens with two attached hydrogens (primary N) is 1. The molecule has 0 aliphatic rings. The lowest BCUT2D eigenvalue weighted by Gasteiger charge is -2.04. The highest BCUT2D eigenvalue weighted by molar-refractivity contribution is 7.89. The van der Waals surface area contributed by atoms with Gasteiger partial charge in [0.1, 0.15) is 4.90 Å². The van der Waals surface area contributed by atoms with Crippen molar-refractivity contribution in [1.82, 2.24) is 14.8 Å². The molecule has 1 aromatic carbocycles. The van der Waals surface area contributed by atoms with E-state index in [-0.39, 0.29) is 4.90 Å². The molecule has 0 aliphatic heterocycles. The van der Waals surface area contributed by atoms with Crippen LogP contribution in [0.5, 0.6) is 0 Å². The first-order valence-corrected chi connectivity index (χ1v) is 8.11. The summed E-state index contributed by atoms with van der Waals surface area (Å²) in [6, 6.07) is 14.7. The van der Waals surface area contributed by atoms with Crippen molar-refractivity contribution in [3.8, 4) is 17.1 Å². The van der Waals surface area contributed by atoms with E-state index in [9.17, 15) is 8.42 Å². The summed E-state index contributed by atoms with van der Waals surface area (Å²) < 4.78 is 24.2. The van der Waals surface area contributed by atoms with E-state index in [2.05, 4.69) is 10.1 Å².